The average Bonchev–Trinajstić information content (AvgIpc) is 3.61. The van der Waals surface area contributed by atoms with Gasteiger partial charge in [-0.25, -0.2) is 14.5 Å². The van der Waals surface area contributed by atoms with Crippen molar-refractivity contribution in [2.45, 2.75) is 33.6 Å². The zero-order valence-corrected chi connectivity index (χ0v) is 31.4. The maximum Gasteiger partial charge on any atom is 0.324 e. The average molecular weight is 740 g/mol. The van der Waals surface area contributed by atoms with Gasteiger partial charge in [-0.05, 0) is 67.8 Å². The molecule has 3 amide bonds. The highest BCUT2D eigenvalue weighted by Crippen LogP contribution is 2.34. The molecule has 0 saturated carbocycles. The third-order valence-electron chi connectivity index (χ3n) is 9.37. The number of carbonyl (C=O) groups excluding carboxylic acids is 2. The van der Waals surface area contributed by atoms with Crippen LogP contribution in [0.25, 0.3) is 16.5 Å². The predicted molar refractivity (Wildman–Crippen MR) is 215 cm³/mol. The number of carbonyl (C=O) groups is 2. The molecule has 4 aromatic carbocycles. The summed E-state index contributed by atoms with van der Waals surface area (Å²) in [6, 6.07) is 27.9. The van der Waals surface area contributed by atoms with E-state index in [-0.39, 0.29) is 11.8 Å². The van der Waals surface area contributed by atoms with Crippen molar-refractivity contribution in [2.24, 2.45) is 0 Å². The van der Waals surface area contributed by atoms with Gasteiger partial charge >= 0.3 is 6.03 Å². The van der Waals surface area contributed by atoms with Crippen LogP contribution in [0.2, 0.25) is 0 Å². The highest BCUT2D eigenvalue weighted by molar-refractivity contribution is 6.07. The Morgan fingerprint density at radius 2 is 1.64 bits per heavy atom. The molecule has 1 aliphatic heterocycles. The number of amides is 3. The second kappa shape index (κ2) is 16.8. The molecule has 1 fully saturated rings. The second-order valence-corrected chi connectivity index (χ2v) is 13.8. The van der Waals surface area contributed by atoms with Gasteiger partial charge in [0.1, 0.15) is 11.6 Å². The van der Waals surface area contributed by atoms with Crippen molar-refractivity contribution >= 4 is 45.9 Å². The third kappa shape index (κ3) is 9.08. The Balaban J connectivity index is 1.01. The van der Waals surface area contributed by atoms with Crippen LogP contribution >= 0.6 is 0 Å². The van der Waals surface area contributed by atoms with E-state index in [4.69, 9.17) is 14.6 Å². The molecule has 3 heterocycles. The monoisotopic (exact) mass is 739 g/mol. The van der Waals surface area contributed by atoms with Gasteiger partial charge in [0.05, 0.1) is 30.3 Å². The van der Waals surface area contributed by atoms with Crippen LogP contribution in [0.1, 0.15) is 46.9 Å². The van der Waals surface area contributed by atoms with Crippen LogP contribution in [0.15, 0.2) is 97.2 Å². The summed E-state index contributed by atoms with van der Waals surface area (Å²) < 4.78 is 13.4. The lowest BCUT2D eigenvalue weighted by atomic mass is 10.1. The molecule has 1 aliphatic rings. The molecule has 7 rings (SSSR count). The van der Waals surface area contributed by atoms with E-state index in [1.807, 2.05) is 80.6 Å². The molecule has 0 bridgehead atoms. The molecular weight excluding hydrogens is 695 g/mol. The SMILES string of the molecule is Cc1ccc(-n2nc(C(C)C)cc2NC(=O)Nc2ccc(Oc3ccnc(Nc4ccc(C(=O)NCCN5CCOCC5)cc4C)n3)c3ccccc23)cc1. The number of nitrogens with zero attached hydrogens (tertiary/aromatic N) is 5. The highest BCUT2D eigenvalue weighted by Gasteiger charge is 2.17. The summed E-state index contributed by atoms with van der Waals surface area (Å²) >= 11 is 0. The van der Waals surface area contributed by atoms with E-state index in [9.17, 15) is 9.59 Å². The van der Waals surface area contributed by atoms with E-state index in [0.717, 1.165) is 71.8 Å². The lowest BCUT2D eigenvalue weighted by Gasteiger charge is -2.26. The van der Waals surface area contributed by atoms with Gasteiger partial charge in [0, 0.05) is 66.5 Å². The Morgan fingerprint density at radius 1 is 0.873 bits per heavy atom. The Hall–Kier alpha value is -6.31. The largest absolute Gasteiger partial charge is 0.438 e. The number of urea groups is 1. The minimum atomic E-state index is -0.401. The third-order valence-corrected chi connectivity index (χ3v) is 9.37. The molecule has 1 saturated heterocycles. The summed E-state index contributed by atoms with van der Waals surface area (Å²) in [5, 5.41) is 18.6. The number of rotatable bonds is 12. The van der Waals surface area contributed by atoms with Gasteiger partial charge in [-0.2, -0.15) is 10.1 Å². The molecular formula is C42H45N9O4. The summed E-state index contributed by atoms with van der Waals surface area (Å²) in [6.45, 7) is 12.7. The van der Waals surface area contributed by atoms with E-state index in [1.54, 1.807) is 35.1 Å². The van der Waals surface area contributed by atoms with E-state index < -0.39 is 6.03 Å². The zero-order valence-electron chi connectivity index (χ0n) is 31.4. The first-order valence-electron chi connectivity index (χ1n) is 18.4. The topological polar surface area (TPSA) is 148 Å². The Labute approximate surface area is 320 Å². The van der Waals surface area contributed by atoms with Crippen LogP contribution in [0, 0.1) is 13.8 Å². The molecule has 2 aromatic heterocycles. The summed E-state index contributed by atoms with van der Waals surface area (Å²) in [5.74, 6) is 1.86. The first kappa shape index (κ1) is 37.0. The Kier molecular flexibility index (Phi) is 11.3. The lowest BCUT2D eigenvalue weighted by Crippen LogP contribution is -2.41. The molecule has 13 nitrogen and oxygen atoms in total. The second-order valence-electron chi connectivity index (χ2n) is 13.8. The maximum atomic E-state index is 13.4. The quantitative estimate of drug-likeness (QED) is 0.0987. The number of anilines is 4. The summed E-state index contributed by atoms with van der Waals surface area (Å²) in [7, 11) is 0. The van der Waals surface area contributed by atoms with Crippen molar-refractivity contribution in [1.82, 2.24) is 30.0 Å². The number of fused-ring (bicyclic) bond motifs is 1. The van der Waals surface area contributed by atoms with Gasteiger partial charge in [-0.1, -0.05) is 55.8 Å². The van der Waals surface area contributed by atoms with Crippen LogP contribution in [-0.2, 0) is 4.74 Å². The van der Waals surface area contributed by atoms with Gasteiger partial charge in [0.25, 0.3) is 5.91 Å². The van der Waals surface area contributed by atoms with Crippen LogP contribution in [0.4, 0.5) is 27.9 Å². The van der Waals surface area contributed by atoms with Crippen molar-refractivity contribution in [3.05, 3.63) is 120 Å². The van der Waals surface area contributed by atoms with Crippen molar-refractivity contribution in [3.63, 3.8) is 0 Å². The standard InChI is InChI=1S/C42H45N9O4/c1-27(2)36-26-38(51(49-36)31-12-9-28(3)10-13-31)47-42(53)46-35-15-16-37(33-8-6-5-7-32(33)35)55-39-17-18-44-41(48-39)45-34-14-11-30(25-29(34)4)40(52)43-19-20-50-21-23-54-24-22-50/h5-18,25-27H,19-24H2,1-4H3,(H,43,52)(H,44,45,48)(H2,46,47,53). The molecule has 13 heteroatoms. The fraction of sp³-hybridized carbons (Fsp3) is 0.262. The van der Waals surface area contributed by atoms with Gasteiger partial charge < -0.3 is 25.4 Å². The van der Waals surface area contributed by atoms with Crippen molar-refractivity contribution in [2.75, 3.05) is 55.3 Å². The van der Waals surface area contributed by atoms with Crippen LogP contribution in [-0.4, -0.2) is 76.0 Å². The van der Waals surface area contributed by atoms with Gasteiger partial charge in [-0.15, -0.1) is 0 Å². The number of hydrogen-bond acceptors (Lipinski definition) is 9. The molecule has 0 radical (unpaired) electrons. The number of morpholine rings is 1. The van der Waals surface area contributed by atoms with Gasteiger partial charge in [-0.3, -0.25) is 15.0 Å². The lowest BCUT2D eigenvalue weighted by molar-refractivity contribution is 0.0383. The number of nitrogens with one attached hydrogen (secondary N) is 4. The summed E-state index contributed by atoms with van der Waals surface area (Å²) in [4.78, 5) is 37.5. The maximum absolute atomic E-state index is 13.4. The fourth-order valence-electron chi connectivity index (χ4n) is 6.28. The van der Waals surface area contributed by atoms with Crippen molar-refractivity contribution in [1.29, 1.82) is 0 Å². The first-order valence-corrected chi connectivity index (χ1v) is 18.4. The fourth-order valence-corrected chi connectivity index (χ4v) is 6.28. The number of ether oxygens (including phenoxy) is 2. The first-order chi connectivity index (χ1) is 26.7. The predicted octanol–water partition coefficient (Wildman–Crippen LogP) is 7.80. The number of benzene rings is 4. The Bertz CT molecular complexity index is 2300. The molecule has 0 spiro atoms. The molecule has 6 aromatic rings. The Morgan fingerprint density at radius 3 is 2.40 bits per heavy atom. The molecule has 282 valence electrons. The summed E-state index contributed by atoms with van der Waals surface area (Å²) in [5.41, 5.74) is 5.69. The number of hydrogen-bond donors (Lipinski definition) is 4. The zero-order chi connectivity index (χ0) is 38.3. The minimum Gasteiger partial charge on any atom is -0.438 e. The van der Waals surface area contributed by atoms with Gasteiger partial charge in [0.15, 0.2) is 0 Å². The van der Waals surface area contributed by atoms with E-state index in [2.05, 4.69) is 50.0 Å². The van der Waals surface area contributed by atoms with Gasteiger partial charge in [0.2, 0.25) is 11.8 Å². The number of aryl methyl sites for hydroxylation is 2. The molecule has 4 N–H and O–H groups in total. The van der Waals surface area contributed by atoms with Crippen molar-refractivity contribution < 1.29 is 19.1 Å². The number of aromatic nitrogens is 4. The van der Waals surface area contributed by atoms with Crippen LogP contribution in [0.3, 0.4) is 0 Å². The molecule has 0 aliphatic carbocycles. The molecule has 0 atom stereocenters. The normalized spacial score (nSPS) is 13.1. The smallest absolute Gasteiger partial charge is 0.324 e. The summed E-state index contributed by atoms with van der Waals surface area (Å²) in [6.07, 6.45) is 1.62. The molecule has 0 unspecified atom stereocenters. The van der Waals surface area contributed by atoms with E-state index >= 15 is 0 Å². The van der Waals surface area contributed by atoms with Crippen LogP contribution in [0.5, 0.6) is 11.6 Å². The van der Waals surface area contributed by atoms with Crippen molar-refractivity contribution in [3.8, 4) is 17.3 Å². The van der Waals surface area contributed by atoms with Crippen LogP contribution < -0.4 is 26.0 Å². The van der Waals surface area contributed by atoms with E-state index in [0.29, 0.717) is 41.2 Å². The molecule has 55 heavy (non-hydrogen) atoms. The highest BCUT2D eigenvalue weighted by atomic mass is 16.5. The minimum absolute atomic E-state index is 0.116. The van der Waals surface area contributed by atoms with E-state index in [1.165, 1.54) is 0 Å².